The lowest BCUT2D eigenvalue weighted by molar-refractivity contribution is -0.320. The molecule has 1 saturated heterocycles. The molecule has 0 radical (unpaired) electrons. The molecule has 0 aliphatic carbocycles. The smallest absolute Gasteiger partial charge is 0.261 e. The molecule has 5 nitrogen and oxygen atoms in total. The van der Waals surface area contributed by atoms with Gasteiger partial charge in [-0.3, -0.25) is 0 Å². The van der Waals surface area contributed by atoms with Crippen LogP contribution in [0.2, 0.25) is 23.2 Å². The third kappa shape index (κ3) is 7.64. The van der Waals surface area contributed by atoms with Gasteiger partial charge in [-0.15, -0.1) is 0 Å². The lowest BCUT2D eigenvalue weighted by Gasteiger charge is -2.50. The molecular weight excluding hydrogens is 581 g/mol. The van der Waals surface area contributed by atoms with Crippen LogP contribution >= 0.6 is 0 Å². The Morgan fingerprint density at radius 2 is 1.30 bits per heavy atom. The summed E-state index contributed by atoms with van der Waals surface area (Å²) in [6.45, 7) is 21.0. The maximum Gasteiger partial charge on any atom is 0.261 e. The van der Waals surface area contributed by atoms with E-state index in [-0.39, 0.29) is 34.8 Å². The molecule has 240 valence electrons. The molecule has 4 rings (SSSR count). The Bertz CT molecular complexity index is 1260. The molecule has 0 aromatic heterocycles. The highest BCUT2D eigenvalue weighted by atomic mass is 28.4. The van der Waals surface area contributed by atoms with Gasteiger partial charge in [0, 0.05) is 12.3 Å². The van der Waals surface area contributed by atoms with E-state index in [4.69, 9.17) is 18.3 Å². The van der Waals surface area contributed by atoms with Gasteiger partial charge in [0.15, 0.2) is 14.1 Å². The molecule has 44 heavy (non-hydrogen) atoms. The van der Waals surface area contributed by atoms with Gasteiger partial charge in [0.05, 0.1) is 25.4 Å². The number of rotatable bonds is 11. The largest absolute Gasteiger partial charge is 0.413 e. The van der Waals surface area contributed by atoms with Gasteiger partial charge >= 0.3 is 0 Å². The van der Waals surface area contributed by atoms with Gasteiger partial charge in [-0.25, -0.2) is 0 Å². The summed E-state index contributed by atoms with van der Waals surface area (Å²) in [5.74, 6) is -1.80. The Kier molecular flexibility index (Phi) is 10.8. The van der Waals surface area contributed by atoms with Crippen LogP contribution in [0.25, 0.3) is 0 Å². The van der Waals surface area contributed by atoms with Crippen LogP contribution in [-0.4, -0.2) is 53.0 Å². The number of benzene rings is 3. The molecule has 3 aromatic carbocycles. The predicted molar refractivity (Wildman–Crippen MR) is 185 cm³/mol. The van der Waals surface area contributed by atoms with Crippen molar-refractivity contribution in [1.82, 2.24) is 0 Å². The third-order valence-corrected chi connectivity index (χ3v) is 19.2. The van der Waals surface area contributed by atoms with Gasteiger partial charge in [-0.1, -0.05) is 139 Å². The van der Waals surface area contributed by atoms with E-state index in [0.29, 0.717) is 19.6 Å². The molecule has 1 fully saturated rings. The minimum absolute atomic E-state index is 0.0356. The summed E-state index contributed by atoms with van der Waals surface area (Å²) in [6, 6.07) is 31.3. The van der Waals surface area contributed by atoms with Crippen LogP contribution in [0.4, 0.5) is 0 Å². The first-order valence-corrected chi connectivity index (χ1v) is 20.9. The average Bonchev–Trinajstić information content (AvgIpc) is 2.96. The van der Waals surface area contributed by atoms with Gasteiger partial charge in [0.1, 0.15) is 6.61 Å². The summed E-state index contributed by atoms with van der Waals surface area (Å²) in [6.07, 6.45) is 0.0861. The zero-order valence-corrected chi connectivity index (χ0v) is 30.3. The lowest BCUT2D eigenvalue weighted by atomic mass is 9.88. The number of ether oxygens (including phenoxy) is 2. The lowest BCUT2D eigenvalue weighted by Crippen LogP contribution is -2.67. The minimum Gasteiger partial charge on any atom is -0.413 e. The highest BCUT2D eigenvalue weighted by Crippen LogP contribution is 2.43. The van der Waals surface area contributed by atoms with Crippen LogP contribution < -0.4 is 10.4 Å². The number of aliphatic hydroxyl groups is 1. The van der Waals surface area contributed by atoms with Crippen molar-refractivity contribution >= 4 is 27.0 Å². The summed E-state index contributed by atoms with van der Waals surface area (Å²) in [5.41, 5.74) is 1.06. The van der Waals surface area contributed by atoms with Crippen molar-refractivity contribution in [1.29, 1.82) is 0 Å². The van der Waals surface area contributed by atoms with Gasteiger partial charge in [-0.2, -0.15) is 0 Å². The van der Waals surface area contributed by atoms with Crippen LogP contribution in [0.5, 0.6) is 0 Å². The first kappa shape index (κ1) is 34.8. The van der Waals surface area contributed by atoms with Crippen LogP contribution in [0, 0.1) is 5.92 Å². The first-order valence-electron chi connectivity index (χ1n) is 16.0. The molecule has 0 bridgehead atoms. The van der Waals surface area contributed by atoms with Crippen molar-refractivity contribution in [3.63, 3.8) is 0 Å². The van der Waals surface area contributed by atoms with Crippen molar-refractivity contribution in [3.05, 3.63) is 96.6 Å². The fraction of sp³-hybridized carbons (Fsp3) is 0.514. The van der Waals surface area contributed by atoms with E-state index in [9.17, 15) is 5.11 Å². The van der Waals surface area contributed by atoms with Crippen LogP contribution in [0.1, 0.15) is 60.5 Å². The van der Waals surface area contributed by atoms with Crippen molar-refractivity contribution in [2.24, 2.45) is 5.92 Å². The maximum absolute atomic E-state index is 12.1. The van der Waals surface area contributed by atoms with Crippen molar-refractivity contribution in [3.8, 4) is 0 Å². The van der Waals surface area contributed by atoms with Gasteiger partial charge in [0.25, 0.3) is 8.32 Å². The van der Waals surface area contributed by atoms with E-state index in [1.54, 1.807) is 0 Å². The minimum atomic E-state index is -2.79. The predicted octanol–water partition coefficient (Wildman–Crippen LogP) is 7.28. The summed E-state index contributed by atoms with van der Waals surface area (Å²) in [5, 5.41) is 14.4. The molecule has 4 atom stereocenters. The van der Waals surface area contributed by atoms with Gasteiger partial charge in [0.2, 0.25) is 0 Å². The Balaban J connectivity index is 1.65. The Morgan fingerprint density at radius 3 is 1.77 bits per heavy atom. The van der Waals surface area contributed by atoms with Gasteiger partial charge < -0.3 is 23.4 Å². The second-order valence-corrected chi connectivity index (χ2v) is 24.0. The van der Waals surface area contributed by atoms with Gasteiger partial charge in [-0.05, 0) is 39.1 Å². The molecule has 1 N–H and O–H groups in total. The summed E-state index contributed by atoms with van der Waals surface area (Å²) in [4.78, 5) is 0. The Hall–Kier alpha value is -2.11. The third-order valence-electron chi connectivity index (χ3n) is 9.71. The highest BCUT2D eigenvalue weighted by molar-refractivity contribution is 6.99. The maximum atomic E-state index is 12.1. The summed E-state index contributed by atoms with van der Waals surface area (Å²) < 4.78 is 27.0. The molecule has 0 saturated carbocycles. The molecular formula is C37H54O5Si2. The van der Waals surface area contributed by atoms with E-state index in [2.05, 4.69) is 115 Å². The standard InChI is InChI=1S/C37H54O5Si2/c1-29-34(42-43(8,9)35(2,3)4)25-31(41-37(29,38)28-39-26-30-19-13-10-14-20-30)27-40-44(36(5,6)7,32-21-15-11-16-22-32)33-23-17-12-18-24-33/h10-24,29,31,34,38H,25-28H2,1-9H3/t29-,31-,34+,37-/m0/s1. The SMILES string of the molecule is C[C@H]1[C@H](O[Si](C)(C)C(C)(C)C)C[C@@H](CO[Si](c2ccccc2)(c2ccccc2)C(C)(C)C)O[C@@]1(O)COCc1ccccc1. The van der Waals surface area contributed by atoms with Crippen molar-refractivity contribution in [2.45, 2.75) is 103 Å². The quantitative estimate of drug-likeness (QED) is 0.225. The molecule has 0 unspecified atom stereocenters. The first-order chi connectivity index (χ1) is 20.6. The Morgan fingerprint density at radius 1 is 0.795 bits per heavy atom. The Labute approximate surface area is 268 Å². The molecule has 1 heterocycles. The topological polar surface area (TPSA) is 57.2 Å². The van der Waals surface area contributed by atoms with Crippen LogP contribution in [-0.2, 0) is 24.9 Å². The van der Waals surface area contributed by atoms with E-state index in [1.165, 1.54) is 10.4 Å². The van der Waals surface area contributed by atoms with E-state index < -0.39 is 22.4 Å². The average molecular weight is 635 g/mol. The normalized spacial score (nSPS) is 23.5. The molecule has 1 aliphatic heterocycles. The van der Waals surface area contributed by atoms with Crippen LogP contribution in [0.3, 0.4) is 0 Å². The second-order valence-electron chi connectivity index (χ2n) is 15.0. The molecule has 0 amide bonds. The highest BCUT2D eigenvalue weighted by Gasteiger charge is 2.53. The molecule has 3 aromatic rings. The van der Waals surface area contributed by atoms with Crippen molar-refractivity contribution in [2.75, 3.05) is 13.2 Å². The molecule has 1 aliphatic rings. The van der Waals surface area contributed by atoms with E-state index >= 15 is 0 Å². The number of hydrogen-bond donors (Lipinski definition) is 1. The molecule has 0 spiro atoms. The fourth-order valence-electron chi connectivity index (χ4n) is 6.04. The second kappa shape index (κ2) is 13.7. The fourth-order valence-corrected chi connectivity index (χ4v) is 12.0. The zero-order valence-electron chi connectivity index (χ0n) is 28.3. The van der Waals surface area contributed by atoms with E-state index in [0.717, 1.165) is 5.56 Å². The van der Waals surface area contributed by atoms with Crippen molar-refractivity contribution < 1.29 is 23.4 Å². The monoisotopic (exact) mass is 634 g/mol. The van der Waals surface area contributed by atoms with Crippen LogP contribution in [0.15, 0.2) is 91.0 Å². The zero-order chi connectivity index (χ0) is 32.2. The summed E-state index contributed by atoms with van der Waals surface area (Å²) in [7, 11) is -4.93. The molecule has 7 heteroatoms. The van der Waals surface area contributed by atoms with E-state index in [1.807, 2.05) is 37.3 Å². The summed E-state index contributed by atoms with van der Waals surface area (Å²) >= 11 is 0. The number of hydrogen-bond acceptors (Lipinski definition) is 5.